The Labute approximate surface area is 174 Å². The standard InChI is InChI=1S/C17H31N5O6S/c1-9(2)6-11(20-14(24)8-18)16(26)21-10(4-5-29-3)15(25)22-12(17(27)28)7-13(19)23/h9-12H,4-8,18H2,1-3H3,(H2,19,23)(H,20,24)(H,21,26)(H,22,25)(H,27,28). The molecule has 3 atom stereocenters. The Morgan fingerprint density at radius 2 is 1.52 bits per heavy atom. The quantitative estimate of drug-likeness (QED) is 0.184. The predicted octanol–water partition coefficient (Wildman–Crippen LogP) is -1.84. The molecule has 3 unspecified atom stereocenters. The molecule has 0 spiro atoms. The van der Waals surface area contributed by atoms with E-state index < -0.39 is 54.1 Å². The largest absolute Gasteiger partial charge is 0.480 e. The van der Waals surface area contributed by atoms with Crippen LogP contribution in [0.25, 0.3) is 0 Å². The molecule has 11 nitrogen and oxygen atoms in total. The van der Waals surface area contributed by atoms with Crippen LogP contribution in [0.3, 0.4) is 0 Å². The number of primary amides is 1. The third-order valence-electron chi connectivity index (χ3n) is 3.81. The molecule has 0 aromatic carbocycles. The van der Waals surface area contributed by atoms with E-state index >= 15 is 0 Å². The van der Waals surface area contributed by atoms with Crippen molar-refractivity contribution in [2.75, 3.05) is 18.6 Å². The molecule has 0 heterocycles. The molecule has 0 saturated carbocycles. The third-order valence-corrected chi connectivity index (χ3v) is 4.45. The number of nitrogens with two attached hydrogens (primary N) is 2. The highest BCUT2D eigenvalue weighted by molar-refractivity contribution is 7.98. The highest BCUT2D eigenvalue weighted by Crippen LogP contribution is 2.08. The molecule has 166 valence electrons. The number of thioether (sulfide) groups is 1. The van der Waals surface area contributed by atoms with Crippen LogP contribution in [-0.4, -0.2) is 71.4 Å². The topological polar surface area (TPSA) is 194 Å². The monoisotopic (exact) mass is 433 g/mol. The summed E-state index contributed by atoms with van der Waals surface area (Å²) in [7, 11) is 0. The van der Waals surface area contributed by atoms with Gasteiger partial charge in [0.05, 0.1) is 13.0 Å². The molecule has 4 amide bonds. The summed E-state index contributed by atoms with van der Waals surface area (Å²) < 4.78 is 0. The number of amides is 4. The van der Waals surface area contributed by atoms with Crippen molar-refractivity contribution < 1.29 is 29.1 Å². The summed E-state index contributed by atoms with van der Waals surface area (Å²) in [6.45, 7) is 3.45. The number of carboxylic acids is 1. The average Bonchev–Trinajstić information content (AvgIpc) is 2.62. The molecule has 0 aliphatic carbocycles. The van der Waals surface area contributed by atoms with Crippen molar-refractivity contribution in [3.8, 4) is 0 Å². The number of hydrogen-bond acceptors (Lipinski definition) is 7. The second-order valence-electron chi connectivity index (χ2n) is 6.87. The Morgan fingerprint density at radius 3 is 1.97 bits per heavy atom. The second-order valence-corrected chi connectivity index (χ2v) is 7.85. The van der Waals surface area contributed by atoms with E-state index in [1.54, 1.807) is 0 Å². The summed E-state index contributed by atoms with van der Waals surface area (Å²) in [6.07, 6.45) is 1.79. The molecule has 0 aromatic heterocycles. The van der Waals surface area contributed by atoms with E-state index in [2.05, 4.69) is 16.0 Å². The van der Waals surface area contributed by atoms with Crippen LogP contribution in [0.1, 0.15) is 33.1 Å². The molecule has 0 radical (unpaired) electrons. The Bertz CT molecular complexity index is 601. The number of hydrogen-bond donors (Lipinski definition) is 6. The molecular weight excluding hydrogens is 402 g/mol. The van der Waals surface area contributed by atoms with Crippen LogP contribution in [0.5, 0.6) is 0 Å². The lowest BCUT2D eigenvalue weighted by atomic mass is 10.0. The van der Waals surface area contributed by atoms with Crippen LogP contribution in [0.4, 0.5) is 0 Å². The van der Waals surface area contributed by atoms with Gasteiger partial charge in [0, 0.05) is 0 Å². The summed E-state index contributed by atoms with van der Waals surface area (Å²) in [4.78, 5) is 59.1. The molecule has 0 fully saturated rings. The highest BCUT2D eigenvalue weighted by Gasteiger charge is 2.30. The molecule has 12 heteroatoms. The van der Waals surface area contributed by atoms with E-state index in [4.69, 9.17) is 16.6 Å². The van der Waals surface area contributed by atoms with Crippen LogP contribution >= 0.6 is 11.8 Å². The SMILES string of the molecule is CSCCC(NC(=O)C(CC(C)C)NC(=O)CN)C(=O)NC(CC(N)=O)C(=O)O. The summed E-state index contributed by atoms with van der Waals surface area (Å²) in [5.74, 6) is -3.56. The van der Waals surface area contributed by atoms with Gasteiger partial charge in [0.25, 0.3) is 0 Å². The van der Waals surface area contributed by atoms with Crippen molar-refractivity contribution in [1.82, 2.24) is 16.0 Å². The Balaban J connectivity index is 5.32. The first kappa shape index (κ1) is 26.7. The fraction of sp³-hybridized carbons (Fsp3) is 0.706. The fourth-order valence-corrected chi connectivity index (χ4v) is 2.88. The zero-order valence-corrected chi connectivity index (χ0v) is 17.7. The molecule has 0 aliphatic heterocycles. The van der Waals surface area contributed by atoms with Gasteiger partial charge in [-0.15, -0.1) is 0 Å². The first-order valence-corrected chi connectivity index (χ1v) is 10.5. The number of nitrogens with one attached hydrogen (secondary N) is 3. The Kier molecular flexibility index (Phi) is 12.7. The smallest absolute Gasteiger partial charge is 0.326 e. The fourth-order valence-electron chi connectivity index (χ4n) is 2.41. The van der Waals surface area contributed by atoms with Crippen molar-refractivity contribution in [3.63, 3.8) is 0 Å². The third kappa shape index (κ3) is 11.3. The van der Waals surface area contributed by atoms with E-state index in [-0.39, 0.29) is 18.9 Å². The second kappa shape index (κ2) is 13.8. The summed E-state index contributed by atoms with van der Waals surface area (Å²) in [5, 5.41) is 16.4. The number of rotatable bonds is 14. The van der Waals surface area contributed by atoms with Crippen molar-refractivity contribution >= 4 is 41.4 Å². The Morgan fingerprint density at radius 1 is 0.966 bits per heavy atom. The van der Waals surface area contributed by atoms with Crippen LogP contribution in [0.15, 0.2) is 0 Å². The molecule has 0 rings (SSSR count). The maximum Gasteiger partial charge on any atom is 0.326 e. The maximum atomic E-state index is 12.7. The van der Waals surface area contributed by atoms with E-state index in [9.17, 15) is 24.0 Å². The normalized spacial score (nSPS) is 13.8. The number of carbonyl (C=O) groups is 5. The van der Waals surface area contributed by atoms with E-state index in [1.165, 1.54) is 11.8 Å². The van der Waals surface area contributed by atoms with E-state index in [1.807, 2.05) is 20.1 Å². The minimum absolute atomic E-state index is 0.0780. The van der Waals surface area contributed by atoms with Crippen LogP contribution in [0, 0.1) is 5.92 Å². The zero-order chi connectivity index (χ0) is 22.6. The van der Waals surface area contributed by atoms with Gasteiger partial charge in [-0.3, -0.25) is 19.2 Å². The lowest BCUT2D eigenvalue weighted by molar-refractivity contribution is -0.143. The zero-order valence-electron chi connectivity index (χ0n) is 16.9. The molecule has 8 N–H and O–H groups in total. The van der Waals surface area contributed by atoms with E-state index in [0.717, 1.165) is 0 Å². The molecule has 29 heavy (non-hydrogen) atoms. The van der Waals surface area contributed by atoms with Crippen molar-refractivity contribution in [1.29, 1.82) is 0 Å². The number of aliphatic carboxylic acids is 1. The summed E-state index contributed by atoms with van der Waals surface area (Å²) >= 11 is 1.44. The lowest BCUT2D eigenvalue weighted by Crippen LogP contribution is -2.56. The van der Waals surface area contributed by atoms with Gasteiger partial charge in [0.15, 0.2) is 0 Å². The van der Waals surface area contributed by atoms with Gasteiger partial charge < -0.3 is 32.5 Å². The van der Waals surface area contributed by atoms with Gasteiger partial charge in [-0.1, -0.05) is 13.8 Å². The molecule has 0 saturated heterocycles. The van der Waals surface area contributed by atoms with E-state index in [0.29, 0.717) is 12.2 Å². The first-order valence-electron chi connectivity index (χ1n) is 9.11. The average molecular weight is 434 g/mol. The van der Waals surface area contributed by atoms with Crippen molar-refractivity contribution in [2.24, 2.45) is 17.4 Å². The minimum Gasteiger partial charge on any atom is -0.480 e. The van der Waals surface area contributed by atoms with Gasteiger partial charge in [0.2, 0.25) is 23.6 Å². The van der Waals surface area contributed by atoms with Crippen LogP contribution in [-0.2, 0) is 24.0 Å². The van der Waals surface area contributed by atoms with Gasteiger partial charge in [-0.05, 0) is 30.8 Å². The summed E-state index contributed by atoms with van der Waals surface area (Å²) in [6, 6.07) is -3.44. The molecule has 0 bridgehead atoms. The molecular formula is C17H31N5O6S. The van der Waals surface area contributed by atoms with Gasteiger partial charge in [0.1, 0.15) is 18.1 Å². The first-order chi connectivity index (χ1) is 13.5. The van der Waals surface area contributed by atoms with Crippen LogP contribution < -0.4 is 27.4 Å². The van der Waals surface area contributed by atoms with Crippen molar-refractivity contribution in [2.45, 2.75) is 51.2 Å². The highest BCUT2D eigenvalue weighted by atomic mass is 32.2. The van der Waals surface area contributed by atoms with Crippen LogP contribution in [0.2, 0.25) is 0 Å². The minimum atomic E-state index is -1.50. The molecule has 0 aliphatic rings. The lowest BCUT2D eigenvalue weighted by Gasteiger charge is -2.25. The maximum absolute atomic E-state index is 12.7. The van der Waals surface area contributed by atoms with Gasteiger partial charge in [-0.25, -0.2) is 4.79 Å². The predicted molar refractivity (Wildman–Crippen MR) is 109 cm³/mol. The number of carboxylic acid groups (broad SMARTS) is 1. The van der Waals surface area contributed by atoms with Gasteiger partial charge in [-0.2, -0.15) is 11.8 Å². The Hall–Kier alpha value is -2.34. The van der Waals surface area contributed by atoms with Gasteiger partial charge >= 0.3 is 5.97 Å². The molecule has 0 aromatic rings. The van der Waals surface area contributed by atoms with Crippen molar-refractivity contribution in [3.05, 3.63) is 0 Å². The number of carbonyl (C=O) groups excluding carboxylic acids is 4. The summed E-state index contributed by atoms with van der Waals surface area (Å²) in [5.41, 5.74) is 10.3.